The second-order valence-corrected chi connectivity index (χ2v) is 4.33. The summed E-state index contributed by atoms with van der Waals surface area (Å²) in [5.41, 5.74) is 7.90. The van der Waals surface area contributed by atoms with Crippen molar-refractivity contribution in [3.8, 4) is 11.5 Å². The number of aryl methyl sites for hydroxylation is 1. The Balaban J connectivity index is 3.13. The lowest BCUT2D eigenvalue weighted by Crippen LogP contribution is -2.10. The Hall–Kier alpha value is -1.22. The maximum Gasteiger partial charge on any atom is 0.123 e. The average Bonchev–Trinajstić information content (AvgIpc) is 2.29. The van der Waals surface area contributed by atoms with Crippen LogP contribution in [0, 0.1) is 0 Å². The van der Waals surface area contributed by atoms with E-state index in [0.717, 1.165) is 29.9 Å². The topological polar surface area (TPSA) is 44.5 Å². The summed E-state index contributed by atoms with van der Waals surface area (Å²) in [5.74, 6) is 1.86. The van der Waals surface area contributed by atoms with Gasteiger partial charge in [0.15, 0.2) is 0 Å². The highest BCUT2D eigenvalue weighted by Crippen LogP contribution is 2.30. The molecular weight excluding hydrogens is 214 g/mol. The van der Waals surface area contributed by atoms with Crippen molar-refractivity contribution in [2.45, 2.75) is 39.7 Å². The molecule has 0 atom stereocenters. The van der Waals surface area contributed by atoms with Crippen molar-refractivity contribution in [3.63, 3.8) is 0 Å². The summed E-state index contributed by atoms with van der Waals surface area (Å²) in [6.07, 6.45) is 1.92. The van der Waals surface area contributed by atoms with Gasteiger partial charge < -0.3 is 15.2 Å². The molecule has 96 valence electrons. The van der Waals surface area contributed by atoms with Crippen molar-refractivity contribution < 1.29 is 9.47 Å². The molecule has 0 aliphatic heterocycles. The normalized spacial score (nSPS) is 10.7. The lowest BCUT2D eigenvalue weighted by molar-refractivity contribution is 0.239. The first-order chi connectivity index (χ1) is 8.12. The first-order valence-electron chi connectivity index (χ1n) is 6.18. The Morgan fingerprint density at radius 1 is 1.18 bits per heavy atom. The molecule has 1 aromatic rings. The molecule has 0 heterocycles. The molecule has 3 nitrogen and oxygen atoms in total. The lowest BCUT2D eigenvalue weighted by atomic mass is 10.0. The van der Waals surface area contributed by atoms with Gasteiger partial charge in [0, 0.05) is 0 Å². The first kappa shape index (κ1) is 13.8. The Bertz CT molecular complexity index is 361. The highest BCUT2D eigenvalue weighted by Gasteiger charge is 2.11. The zero-order valence-electron chi connectivity index (χ0n) is 11.2. The average molecular weight is 237 g/mol. The molecule has 0 aliphatic rings. The first-order valence-corrected chi connectivity index (χ1v) is 6.18. The molecule has 0 spiro atoms. The number of methoxy groups -OCH3 is 1. The SMILES string of the molecule is CCc1cc(OC)c(CCN)cc1OC(C)C. The molecule has 0 saturated heterocycles. The zero-order chi connectivity index (χ0) is 12.8. The second kappa shape index (κ2) is 6.50. The van der Waals surface area contributed by atoms with E-state index in [2.05, 4.69) is 19.1 Å². The van der Waals surface area contributed by atoms with Crippen LogP contribution in [0.3, 0.4) is 0 Å². The third kappa shape index (κ3) is 3.63. The van der Waals surface area contributed by atoms with Gasteiger partial charge in [0.2, 0.25) is 0 Å². The number of hydrogen-bond acceptors (Lipinski definition) is 3. The molecule has 0 saturated carbocycles. The van der Waals surface area contributed by atoms with Crippen molar-refractivity contribution in [1.82, 2.24) is 0 Å². The van der Waals surface area contributed by atoms with Crippen molar-refractivity contribution in [2.75, 3.05) is 13.7 Å². The summed E-state index contributed by atoms with van der Waals surface area (Å²) in [6.45, 7) is 6.80. The summed E-state index contributed by atoms with van der Waals surface area (Å²) in [6, 6.07) is 4.12. The maximum absolute atomic E-state index is 5.83. The molecule has 0 aliphatic carbocycles. The predicted molar refractivity (Wildman–Crippen MR) is 70.9 cm³/mol. The molecule has 3 heteroatoms. The van der Waals surface area contributed by atoms with E-state index < -0.39 is 0 Å². The van der Waals surface area contributed by atoms with Gasteiger partial charge in [0.1, 0.15) is 11.5 Å². The van der Waals surface area contributed by atoms with Gasteiger partial charge in [0.05, 0.1) is 13.2 Å². The molecule has 0 aromatic heterocycles. The molecule has 1 rings (SSSR count). The highest BCUT2D eigenvalue weighted by molar-refractivity contribution is 5.46. The number of hydrogen-bond donors (Lipinski definition) is 1. The molecule has 1 aromatic carbocycles. The van der Waals surface area contributed by atoms with E-state index in [0.29, 0.717) is 6.54 Å². The monoisotopic (exact) mass is 237 g/mol. The highest BCUT2D eigenvalue weighted by atomic mass is 16.5. The van der Waals surface area contributed by atoms with Crippen molar-refractivity contribution in [3.05, 3.63) is 23.3 Å². The molecule has 17 heavy (non-hydrogen) atoms. The van der Waals surface area contributed by atoms with Crippen LogP contribution in [0.5, 0.6) is 11.5 Å². The number of rotatable bonds is 6. The minimum atomic E-state index is 0.180. The van der Waals surface area contributed by atoms with Crippen LogP contribution in [0.25, 0.3) is 0 Å². The Morgan fingerprint density at radius 3 is 2.29 bits per heavy atom. The van der Waals surface area contributed by atoms with Crippen LogP contribution in [0.1, 0.15) is 31.9 Å². The van der Waals surface area contributed by atoms with Gasteiger partial charge in [-0.15, -0.1) is 0 Å². The minimum Gasteiger partial charge on any atom is -0.496 e. The Kier molecular flexibility index (Phi) is 5.29. The molecule has 2 N–H and O–H groups in total. The van der Waals surface area contributed by atoms with Crippen molar-refractivity contribution in [1.29, 1.82) is 0 Å². The summed E-state index contributed by atoms with van der Waals surface area (Å²) < 4.78 is 11.2. The van der Waals surface area contributed by atoms with E-state index >= 15 is 0 Å². The Labute approximate surface area is 104 Å². The fraction of sp³-hybridized carbons (Fsp3) is 0.571. The third-order valence-corrected chi connectivity index (χ3v) is 2.62. The molecular formula is C14H23NO2. The van der Waals surface area contributed by atoms with Crippen molar-refractivity contribution >= 4 is 0 Å². The minimum absolute atomic E-state index is 0.180. The largest absolute Gasteiger partial charge is 0.496 e. The number of benzene rings is 1. The number of ether oxygens (including phenoxy) is 2. The maximum atomic E-state index is 5.83. The summed E-state index contributed by atoms with van der Waals surface area (Å²) in [5, 5.41) is 0. The molecule has 0 fully saturated rings. The molecule has 0 unspecified atom stereocenters. The standard InChI is InChI=1S/C14H23NO2/c1-5-11-8-13(16-4)12(6-7-15)9-14(11)17-10(2)3/h8-10H,5-7,15H2,1-4H3. The zero-order valence-corrected chi connectivity index (χ0v) is 11.2. The summed E-state index contributed by atoms with van der Waals surface area (Å²) >= 11 is 0. The molecule has 0 radical (unpaired) electrons. The van der Waals surface area contributed by atoms with E-state index in [1.54, 1.807) is 7.11 Å². The summed E-state index contributed by atoms with van der Waals surface area (Å²) in [7, 11) is 1.69. The van der Waals surface area contributed by atoms with E-state index in [9.17, 15) is 0 Å². The van der Waals surface area contributed by atoms with Gasteiger partial charge in [-0.1, -0.05) is 6.92 Å². The van der Waals surface area contributed by atoms with Gasteiger partial charge in [-0.25, -0.2) is 0 Å². The van der Waals surface area contributed by atoms with Crippen LogP contribution in [-0.2, 0) is 12.8 Å². The van der Waals surface area contributed by atoms with Gasteiger partial charge in [-0.2, -0.15) is 0 Å². The van der Waals surface area contributed by atoms with Crippen LogP contribution >= 0.6 is 0 Å². The fourth-order valence-electron chi connectivity index (χ4n) is 1.82. The van der Waals surface area contributed by atoms with Crippen LogP contribution in [0.15, 0.2) is 12.1 Å². The fourth-order valence-corrected chi connectivity index (χ4v) is 1.82. The molecule has 0 bridgehead atoms. The van der Waals surface area contributed by atoms with E-state index in [4.69, 9.17) is 15.2 Å². The van der Waals surface area contributed by atoms with Crippen LogP contribution in [0.4, 0.5) is 0 Å². The van der Waals surface area contributed by atoms with Crippen LogP contribution < -0.4 is 15.2 Å². The predicted octanol–water partition coefficient (Wildman–Crippen LogP) is 2.55. The second-order valence-electron chi connectivity index (χ2n) is 4.33. The summed E-state index contributed by atoms with van der Waals surface area (Å²) in [4.78, 5) is 0. The third-order valence-electron chi connectivity index (χ3n) is 2.62. The van der Waals surface area contributed by atoms with Gasteiger partial charge in [0.25, 0.3) is 0 Å². The van der Waals surface area contributed by atoms with E-state index in [1.807, 2.05) is 13.8 Å². The van der Waals surface area contributed by atoms with Gasteiger partial charge in [-0.3, -0.25) is 0 Å². The van der Waals surface area contributed by atoms with Crippen molar-refractivity contribution in [2.24, 2.45) is 5.73 Å². The smallest absolute Gasteiger partial charge is 0.123 e. The quantitative estimate of drug-likeness (QED) is 0.827. The van der Waals surface area contributed by atoms with Gasteiger partial charge >= 0.3 is 0 Å². The van der Waals surface area contributed by atoms with Crippen LogP contribution in [0.2, 0.25) is 0 Å². The van der Waals surface area contributed by atoms with E-state index in [-0.39, 0.29) is 6.10 Å². The number of nitrogens with two attached hydrogens (primary N) is 1. The molecule has 0 amide bonds. The Morgan fingerprint density at radius 2 is 1.82 bits per heavy atom. The van der Waals surface area contributed by atoms with Crippen LogP contribution in [-0.4, -0.2) is 19.8 Å². The lowest BCUT2D eigenvalue weighted by Gasteiger charge is -2.17. The van der Waals surface area contributed by atoms with E-state index in [1.165, 1.54) is 5.56 Å². The van der Waals surface area contributed by atoms with Gasteiger partial charge in [-0.05, 0) is 56.5 Å².